The third-order valence-corrected chi connectivity index (χ3v) is 3.19. The number of hydrogen-bond acceptors (Lipinski definition) is 4. The molecule has 0 aliphatic carbocycles. The van der Waals surface area contributed by atoms with Gasteiger partial charge in [-0.25, -0.2) is 9.78 Å². The maximum Gasteiger partial charge on any atom is 0.355 e. The smallest absolute Gasteiger partial charge is 0.355 e. The van der Waals surface area contributed by atoms with Crippen LogP contribution < -0.4 is 5.32 Å². The number of pyridine rings is 1. The summed E-state index contributed by atoms with van der Waals surface area (Å²) in [6.07, 6.45) is 3.18. The summed E-state index contributed by atoms with van der Waals surface area (Å²) in [4.78, 5) is 15.5. The van der Waals surface area contributed by atoms with Gasteiger partial charge in [0, 0.05) is 18.9 Å². The second-order valence-corrected chi connectivity index (χ2v) is 4.58. The van der Waals surface area contributed by atoms with Crippen molar-refractivity contribution >= 4 is 17.3 Å². The van der Waals surface area contributed by atoms with Crippen molar-refractivity contribution in [2.24, 2.45) is 0 Å². The van der Waals surface area contributed by atoms with Crippen LogP contribution in [0.25, 0.3) is 5.65 Å². The average Bonchev–Trinajstić information content (AvgIpc) is 2.94. The summed E-state index contributed by atoms with van der Waals surface area (Å²) in [5.74, 6) is -0.823. The van der Waals surface area contributed by atoms with E-state index in [-0.39, 0.29) is 11.4 Å². The molecule has 2 aromatic heterocycles. The highest BCUT2D eigenvalue weighted by atomic mass is 16.4. The number of carboxylic acid groups (broad SMARTS) is 1. The van der Waals surface area contributed by atoms with Crippen LogP contribution in [0.2, 0.25) is 0 Å². The lowest BCUT2D eigenvalue weighted by atomic mass is 10.2. The van der Waals surface area contributed by atoms with Gasteiger partial charge in [-0.3, -0.25) is 4.40 Å². The second-order valence-electron chi connectivity index (χ2n) is 4.58. The van der Waals surface area contributed by atoms with Crippen LogP contribution >= 0.6 is 0 Å². The molecule has 1 aromatic carbocycles. The minimum atomic E-state index is -1.02. The number of anilines is 1. The van der Waals surface area contributed by atoms with E-state index in [9.17, 15) is 15.0 Å². The zero-order valence-electron chi connectivity index (χ0n) is 11.0. The van der Waals surface area contributed by atoms with Gasteiger partial charge in [-0.05, 0) is 29.8 Å². The van der Waals surface area contributed by atoms with Gasteiger partial charge >= 0.3 is 5.97 Å². The molecule has 6 heteroatoms. The molecule has 3 aromatic rings. The molecule has 6 nitrogen and oxygen atoms in total. The molecule has 0 fully saturated rings. The van der Waals surface area contributed by atoms with Gasteiger partial charge < -0.3 is 15.5 Å². The van der Waals surface area contributed by atoms with E-state index in [0.717, 1.165) is 5.56 Å². The fourth-order valence-electron chi connectivity index (χ4n) is 2.17. The van der Waals surface area contributed by atoms with Crippen molar-refractivity contribution in [3.63, 3.8) is 0 Å². The number of nitrogens with one attached hydrogen (secondary N) is 1. The third-order valence-electron chi connectivity index (χ3n) is 3.19. The Bertz CT molecular complexity index is 794. The molecule has 0 spiro atoms. The van der Waals surface area contributed by atoms with Gasteiger partial charge in [-0.2, -0.15) is 0 Å². The van der Waals surface area contributed by atoms with Gasteiger partial charge in [-0.15, -0.1) is 0 Å². The number of aromatic nitrogens is 2. The molecule has 0 saturated carbocycles. The Morgan fingerprint density at radius 3 is 2.67 bits per heavy atom. The molecule has 21 heavy (non-hydrogen) atoms. The standard InChI is InChI=1S/C15H13N3O3/c19-11-3-1-10(2-4-11)9-17-12-5-6-13-16-7-8-18(13)14(12)15(20)21/h1-8,17,19H,9H2,(H,20,21). The van der Waals surface area contributed by atoms with E-state index in [1.54, 1.807) is 48.8 Å². The Labute approximate surface area is 120 Å². The van der Waals surface area contributed by atoms with Gasteiger partial charge in [0.1, 0.15) is 11.4 Å². The van der Waals surface area contributed by atoms with E-state index in [2.05, 4.69) is 10.3 Å². The number of phenolic OH excluding ortho intramolecular Hbond substituents is 1. The van der Waals surface area contributed by atoms with Gasteiger partial charge in [0.25, 0.3) is 0 Å². The molecule has 0 bridgehead atoms. The number of rotatable bonds is 4. The van der Waals surface area contributed by atoms with E-state index in [0.29, 0.717) is 17.9 Å². The molecule has 106 valence electrons. The van der Waals surface area contributed by atoms with Crippen LogP contribution in [0.3, 0.4) is 0 Å². The molecular formula is C15H13N3O3. The van der Waals surface area contributed by atoms with Crippen LogP contribution in [0.5, 0.6) is 5.75 Å². The summed E-state index contributed by atoms with van der Waals surface area (Å²) in [5.41, 5.74) is 2.18. The number of fused-ring (bicyclic) bond motifs is 1. The zero-order chi connectivity index (χ0) is 14.8. The normalized spacial score (nSPS) is 10.7. The quantitative estimate of drug-likeness (QED) is 0.684. The second kappa shape index (κ2) is 5.16. The highest BCUT2D eigenvalue weighted by Crippen LogP contribution is 2.19. The minimum absolute atomic E-state index is 0.142. The fraction of sp³-hybridized carbons (Fsp3) is 0.0667. The van der Waals surface area contributed by atoms with Crippen molar-refractivity contribution < 1.29 is 15.0 Å². The van der Waals surface area contributed by atoms with E-state index in [4.69, 9.17) is 0 Å². The highest BCUT2D eigenvalue weighted by Gasteiger charge is 2.14. The molecule has 2 heterocycles. The van der Waals surface area contributed by atoms with Crippen LogP contribution in [-0.4, -0.2) is 25.6 Å². The van der Waals surface area contributed by atoms with Crippen LogP contribution in [-0.2, 0) is 6.54 Å². The molecule has 3 rings (SSSR count). The predicted molar refractivity (Wildman–Crippen MR) is 77.6 cm³/mol. The summed E-state index contributed by atoms with van der Waals surface area (Å²) in [7, 11) is 0. The van der Waals surface area contributed by atoms with Gasteiger partial charge in [-0.1, -0.05) is 12.1 Å². The molecule has 0 aliphatic heterocycles. The van der Waals surface area contributed by atoms with Crippen LogP contribution in [0.4, 0.5) is 5.69 Å². The molecular weight excluding hydrogens is 270 g/mol. The van der Waals surface area contributed by atoms with E-state index in [1.165, 1.54) is 4.40 Å². The Balaban J connectivity index is 1.91. The van der Waals surface area contributed by atoms with Crippen molar-refractivity contribution in [3.05, 3.63) is 60.0 Å². The lowest BCUT2D eigenvalue weighted by Gasteiger charge is -2.11. The first-order valence-electron chi connectivity index (χ1n) is 6.36. The lowest BCUT2D eigenvalue weighted by molar-refractivity contribution is 0.0690. The van der Waals surface area contributed by atoms with Crippen molar-refractivity contribution in [1.29, 1.82) is 0 Å². The summed E-state index contributed by atoms with van der Waals surface area (Å²) in [6.45, 7) is 0.459. The number of carbonyl (C=O) groups is 1. The monoisotopic (exact) mass is 283 g/mol. The van der Waals surface area contributed by atoms with Crippen LogP contribution in [0, 0.1) is 0 Å². The van der Waals surface area contributed by atoms with Crippen molar-refractivity contribution in [3.8, 4) is 5.75 Å². The van der Waals surface area contributed by atoms with Crippen molar-refractivity contribution in [2.45, 2.75) is 6.54 Å². The Hall–Kier alpha value is -3.02. The summed E-state index contributed by atoms with van der Waals surface area (Å²) in [5, 5.41) is 21.7. The van der Waals surface area contributed by atoms with Gasteiger partial charge in [0.15, 0.2) is 5.69 Å². The van der Waals surface area contributed by atoms with Gasteiger partial charge in [0.2, 0.25) is 0 Å². The Morgan fingerprint density at radius 1 is 1.19 bits per heavy atom. The van der Waals surface area contributed by atoms with E-state index >= 15 is 0 Å². The molecule has 0 radical (unpaired) electrons. The maximum atomic E-state index is 11.5. The first-order valence-corrected chi connectivity index (χ1v) is 6.36. The summed E-state index contributed by atoms with van der Waals surface area (Å²) in [6, 6.07) is 10.2. The number of nitrogens with zero attached hydrogens (tertiary/aromatic N) is 2. The molecule has 3 N–H and O–H groups in total. The van der Waals surface area contributed by atoms with E-state index in [1.807, 2.05) is 0 Å². The Kier molecular flexibility index (Phi) is 3.19. The lowest BCUT2D eigenvalue weighted by Crippen LogP contribution is -2.11. The zero-order valence-corrected chi connectivity index (χ0v) is 11.0. The van der Waals surface area contributed by atoms with Crippen molar-refractivity contribution in [1.82, 2.24) is 9.38 Å². The number of hydrogen-bond donors (Lipinski definition) is 3. The summed E-state index contributed by atoms with van der Waals surface area (Å²) >= 11 is 0. The average molecular weight is 283 g/mol. The number of aromatic carboxylic acids is 1. The minimum Gasteiger partial charge on any atom is -0.508 e. The fourth-order valence-corrected chi connectivity index (χ4v) is 2.17. The van der Waals surface area contributed by atoms with Crippen molar-refractivity contribution in [2.75, 3.05) is 5.32 Å². The molecule has 0 saturated heterocycles. The van der Waals surface area contributed by atoms with Gasteiger partial charge in [0.05, 0.1) is 5.69 Å². The number of imidazole rings is 1. The molecule has 0 aliphatic rings. The largest absolute Gasteiger partial charge is 0.508 e. The van der Waals surface area contributed by atoms with Crippen LogP contribution in [0.15, 0.2) is 48.8 Å². The number of phenols is 1. The molecule has 0 amide bonds. The first kappa shape index (κ1) is 13.0. The maximum absolute atomic E-state index is 11.5. The first-order chi connectivity index (χ1) is 10.1. The molecule has 0 atom stereocenters. The predicted octanol–water partition coefficient (Wildman–Crippen LogP) is 2.35. The van der Waals surface area contributed by atoms with Crippen LogP contribution in [0.1, 0.15) is 16.1 Å². The summed E-state index contributed by atoms with van der Waals surface area (Å²) < 4.78 is 1.53. The third kappa shape index (κ3) is 2.51. The van der Waals surface area contributed by atoms with E-state index < -0.39 is 5.97 Å². The number of aromatic hydroxyl groups is 1. The molecule has 0 unspecified atom stereocenters. The number of benzene rings is 1. The topological polar surface area (TPSA) is 86.9 Å². The number of carboxylic acids is 1. The highest BCUT2D eigenvalue weighted by molar-refractivity contribution is 5.93. The Morgan fingerprint density at radius 2 is 1.95 bits per heavy atom. The SMILES string of the molecule is O=C(O)c1c(NCc2ccc(O)cc2)ccc2nccn12.